The fourth-order valence-corrected chi connectivity index (χ4v) is 1.60. The van der Waals surface area contributed by atoms with E-state index in [1.807, 2.05) is 0 Å². The standard InChI is InChI=1S/C11H14F2N2O4/c1-14-3-2-9(16)11(17)6-4-7(12)10(15(18)19)8(13)5-6/h4-5,9,11,14,16-17H,2-3H2,1H3. The summed E-state index contributed by atoms with van der Waals surface area (Å²) in [6.07, 6.45) is -2.58. The van der Waals surface area contributed by atoms with Gasteiger partial charge in [-0.3, -0.25) is 10.1 Å². The van der Waals surface area contributed by atoms with Gasteiger partial charge in [-0.2, -0.15) is 8.78 Å². The maximum Gasteiger partial charge on any atom is 0.340 e. The minimum atomic E-state index is -1.52. The van der Waals surface area contributed by atoms with Crippen LogP contribution in [0.15, 0.2) is 12.1 Å². The second-order valence-electron chi connectivity index (χ2n) is 3.99. The Hall–Kier alpha value is -1.64. The molecule has 1 aromatic rings. The number of benzene rings is 1. The fraction of sp³-hybridized carbons (Fsp3) is 0.455. The number of aliphatic hydroxyl groups is 2. The SMILES string of the molecule is CNCCC(O)C(O)c1cc(F)c([N+](=O)[O-])c(F)c1. The van der Waals surface area contributed by atoms with E-state index >= 15 is 0 Å². The molecule has 1 rings (SSSR count). The first-order chi connectivity index (χ1) is 8.88. The Morgan fingerprint density at radius 2 is 1.89 bits per heavy atom. The maximum absolute atomic E-state index is 13.4. The molecule has 19 heavy (non-hydrogen) atoms. The monoisotopic (exact) mass is 276 g/mol. The van der Waals surface area contributed by atoms with Gasteiger partial charge in [-0.15, -0.1) is 0 Å². The third kappa shape index (κ3) is 3.66. The van der Waals surface area contributed by atoms with Crippen LogP contribution < -0.4 is 5.32 Å². The van der Waals surface area contributed by atoms with Crippen LogP contribution in [0.3, 0.4) is 0 Å². The van der Waals surface area contributed by atoms with Gasteiger partial charge in [0.05, 0.1) is 11.0 Å². The zero-order valence-corrected chi connectivity index (χ0v) is 10.1. The van der Waals surface area contributed by atoms with Crippen molar-refractivity contribution in [2.75, 3.05) is 13.6 Å². The number of nitrogens with zero attached hydrogens (tertiary/aromatic N) is 1. The van der Waals surface area contributed by atoms with Crippen molar-refractivity contribution in [3.05, 3.63) is 39.4 Å². The van der Waals surface area contributed by atoms with E-state index in [0.717, 1.165) is 0 Å². The molecule has 0 bridgehead atoms. The predicted molar refractivity (Wildman–Crippen MR) is 62.5 cm³/mol. The van der Waals surface area contributed by atoms with Crippen LogP contribution in [-0.2, 0) is 0 Å². The van der Waals surface area contributed by atoms with Crippen LogP contribution >= 0.6 is 0 Å². The summed E-state index contributed by atoms with van der Waals surface area (Å²) in [6, 6.07) is 1.29. The van der Waals surface area contributed by atoms with Gasteiger partial charge in [-0.25, -0.2) is 0 Å². The van der Waals surface area contributed by atoms with Crippen molar-refractivity contribution in [2.45, 2.75) is 18.6 Å². The lowest BCUT2D eigenvalue weighted by Gasteiger charge is -2.18. The van der Waals surface area contributed by atoms with Crippen molar-refractivity contribution in [2.24, 2.45) is 0 Å². The second-order valence-corrected chi connectivity index (χ2v) is 3.99. The Morgan fingerprint density at radius 1 is 1.37 bits per heavy atom. The summed E-state index contributed by atoms with van der Waals surface area (Å²) in [6.45, 7) is 0.399. The van der Waals surface area contributed by atoms with E-state index in [1.165, 1.54) is 0 Å². The number of rotatable bonds is 6. The molecule has 0 aliphatic heterocycles. The van der Waals surface area contributed by atoms with Crippen molar-refractivity contribution in [1.82, 2.24) is 5.32 Å². The van der Waals surface area contributed by atoms with Crippen LogP contribution in [0.25, 0.3) is 0 Å². The molecule has 0 aliphatic carbocycles. The number of halogens is 2. The lowest BCUT2D eigenvalue weighted by atomic mass is 10.0. The normalized spacial score (nSPS) is 14.2. The highest BCUT2D eigenvalue weighted by Gasteiger charge is 2.26. The summed E-state index contributed by atoms with van der Waals surface area (Å²) in [7, 11) is 1.64. The van der Waals surface area contributed by atoms with Gasteiger partial charge in [0.1, 0.15) is 6.10 Å². The first-order valence-electron chi connectivity index (χ1n) is 5.52. The van der Waals surface area contributed by atoms with E-state index < -0.39 is 34.5 Å². The highest BCUT2D eigenvalue weighted by molar-refractivity contribution is 5.38. The van der Waals surface area contributed by atoms with Crippen molar-refractivity contribution < 1.29 is 23.9 Å². The van der Waals surface area contributed by atoms with E-state index in [0.29, 0.717) is 18.7 Å². The number of nitro benzene ring substituents is 1. The van der Waals surface area contributed by atoms with Gasteiger partial charge < -0.3 is 15.5 Å². The summed E-state index contributed by atoms with van der Waals surface area (Å²) in [5.74, 6) is -2.78. The Bertz CT molecular complexity index is 447. The molecule has 2 atom stereocenters. The minimum Gasteiger partial charge on any atom is -0.390 e. The van der Waals surface area contributed by atoms with E-state index in [9.17, 15) is 29.1 Å². The highest BCUT2D eigenvalue weighted by Crippen LogP contribution is 2.27. The third-order valence-corrected chi connectivity index (χ3v) is 2.62. The summed E-state index contributed by atoms with van der Waals surface area (Å²) >= 11 is 0. The van der Waals surface area contributed by atoms with E-state index in [1.54, 1.807) is 7.05 Å². The summed E-state index contributed by atoms with van der Waals surface area (Å²) in [5, 5.41) is 32.5. The molecule has 0 radical (unpaired) electrons. The number of hydrogen-bond acceptors (Lipinski definition) is 5. The molecule has 0 aliphatic rings. The summed E-state index contributed by atoms with van der Waals surface area (Å²) in [5.41, 5.74) is -1.52. The average molecular weight is 276 g/mol. The van der Waals surface area contributed by atoms with Crippen LogP contribution in [0.5, 0.6) is 0 Å². The van der Waals surface area contributed by atoms with Gasteiger partial charge in [0, 0.05) is 0 Å². The van der Waals surface area contributed by atoms with Crippen molar-refractivity contribution in [3.63, 3.8) is 0 Å². The van der Waals surface area contributed by atoms with E-state index in [-0.39, 0.29) is 12.0 Å². The van der Waals surface area contributed by atoms with Gasteiger partial charge in [0.15, 0.2) is 0 Å². The quantitative estimate of drug-likeness (QED) is 0.529. The molecule has 2 unspecified atom stereocenters. The van der Waals surface area contributed by atoms with Gasteiger partial charge >= 0.3 is 5.69 Å². The lowest BCUT2D eigenvalue weighted by molar-refractivity contribution is -0.390. The molecule has 3 N–H and O–H groups in total. The molecule has 0 amide bonds. The molecule has 106 valence electrons. The Balaban J connectivity index is 2.99. The maximum atomic E-state index is 13.4. The van der Waals surface area contributed by atoms with Gasteiger partial charge in [-0.05, 0) is 37.7 Å². The van der Waals surface area contributed by atoms with Crippen molar-refractivity contribution in [1.29, 1.82) is 0 Å². The molecular formula is C11H14F2N2O4. The molecule has 0 saturated carbocycles. The molecule has 8 heteroatoms. The van der Waals surface area contributed by atoms with E-state index in [4.69, 9.17) is 0 Å². The number of nitrogens with one attached hydrogen (secondary N) is 1. The van der Waals surface area contributed by atoms with E-state index in [2.05, 4.69) is 5.32 Å². The molecule has 6 nitrogen and oxygen atoms in total. The molecule has 0 aromatic heterocycles. The van der Waals surface area contributed by atoms with Crippen molar-refractivity contribution in [3.8, 4) is 0 Å². The summed E-state index contributed by atoms with van der Waals surface area (Å²) in [4.78, 5) is 9.22. The van der Waals surface area contributed by atoms with Crippen LogP contribution in [-0.4, -0.2) is 34.8 Å². The fourth-order valence-electron chi connectivity index (χ4n) is 1.60. The average Bonchev–Trinajstić information content (AvgIpc) is 2.33. The largest absolute Gasteiger partial charge is 0.390 e. The molecule has 0 fully saturated rings. The number of nitro groups is 1. The van der Waals surface area contributed by atoms with Gasteiger partial charge in [0.2, 0.25) is 11.6 Å². The molecule has 0 saturated heterocycles. The molecule has 0 spiro atoms. The minimum absolute atomic E-state index is 0.165. The van der Waals surface area contributed by atoms with Crippen molar-refractivity contribution >= 4 is 5.69 Å². The zero-order chi connectivity index (χ0) is 14.6. The van der Waals surface area contributed by atoms with Crippen LogP contribution in [0.1, 0.15) is 18.1 Å². The first-order valence-corrected chi connectivity index (χ1v) is 5.52. The van der Waals surface area contributed by atoms with Crippen LogP contribution in [0.4, 0.5) is 14.5 Å². The molecule has 0 heterocycles. The van der Waals surface area contributed by atoms with Crippen LogP contribution in [0, 0.1) is 21.7 Å². The number of aliphatic hydroxyl groups excluding tert-OH is 2. The predicted octanol–water partition coefficient (Wildman–Crippen LogP) is 0.877. The Kier molecular flexibility index (Phi) is 5.28. The Labute approximate surface area is 107 Å². The topological polar surface area (TPSA) is 95.6 Å². The third-order valence-electron chi connectivity index (χ3n) is 2.62. The highest BCUT2D eigenvalue weighted by atomic mass is 19.1. The summed E-state index contributed by atoms with van der Waals surface area (Å²) < 4.78 is 26.7. The van der Waals surface area contributed by atoms with Gasteiger partial charge in [-0.1, -0.05) is 0 Å². The Morgan fingerprint density at radius 3 is 2.32 bits per heavy atom. The zero-order valence-electron chi connectivity index (χ0n) is 10.1. The molecular weight excluding hydrogens is 262 g/mol. The number of hydrogen-bond donors (Lipinski definition) is 3. The lowest BCUT2D eigenvalue weighted by Crippen LogP contribution is -2.23. The molecule has 1 aromatic carbocycles. The first kappa shape index (κ1) is 15.4. The second kappa shape index (κ2) is 6.50. The smallest absolute Gasteiger partial charge is 0.340 e. The van der Waals surface area contributed by atoms with Crippen LogP contribution in [0.2, 0.25) is 0 Å². The van der Waals surface area contributed by atoms with Gasteiger partial charge in [0.25, 0.3) is 0 Å².